The summed E-state index contributed by atoms with van der Waals surface area (Å²) in [5, 5.41) is 3.85. The van der Waals surface area contributed by atoms with Crippen molar-refractivity contribution < 1.29 is 13.2 Å². The van der Waals surface area contributed by atoms with Crippen LogP contribution in [0.2, 0.25) is 10.0 Å². The Balaban J connectivity index is 1.60. The molecule has 1 N–H and O–H groups in total. The molecule has 0 unspecified atom stereocenters. The summed E-state index contributed by atoms with van der Waals surface area (Å²) in [6.07, 6.45) is 2.76. The Kier molecular flexibility index (Phi) is 7.63. The molecule has 0 aromatic heterocycles. The van der Waals surface area contributed by atoms with Crippen LogP contribution in [0.4, 0.5) is 0 Å². The van der Waals surface area contributed by atoms with E-state index >= 15 is 0 Å². The van der Waals surface area contributed by atoms with E-state index in [0.717, 1.165) is 34.7 Å². The second kappa shape index (κ2) is 10.5. The molecule has 4 rings (SSSR count). The van der Waals surface area contributed by atoms with Crippen LogP contribution in [0.15, 0.2) is 71.6 Å². The van der Waals surface area contributed by atoms with Gasteiger partial charge in [0.2, 0.25) is 15.9 Å². The zero-order valence-electron chi connectivity index (χ0n) is 18.8. The normalized spacial score (nSPS) is 15.7. The fourth-order valence-electron chi connectivity index (χ4n) is 4.23. The summed E-state index contributed by atoms with van der Waals surface area (Å²) in [7, 11) is -3.96. The number of fused-ring (bicyclic) bond motifs is 1. The Morgan fingerprint density at radius 1 is 1.06 bits per heavy atom. The van der Waals surface area contributed by atoms with E-state index in [1.54, 1.807) is 42.5 Å². The van der Waals surface area contributed by atoms with Crippen molar-refractivity contribution in [1.29, 1.82) is 0 Å². The van der Waals surface area contributed by atoms with E-state index in [1.807, 2.05) is 25.1 Å². The Morgan fingerprint density at radius 2 is 1.79 bits per heavy atom. The van der Waals surface area contributed by atoms with Crippen LogP contribution in [0.25, 0.3) is 0 Å². The predicted molar refractivity (Wildman–Crippen MR) is 136 cm³/mol. The summed E-state index contributed by atoms with van der Waals surface area (Å²) in [6, 6.07) is 19.4. The van der Waals surface area contributed by atoms with E-state index in [9.17, 15) is 13.2 Å². The molecule has 8 heteroatoms. The van der Waals surface area contributed by atoms with Crippen LogP contribution >= 0.6 is 23.2 Å². The Hall–Kier alpha value is -2.38. The quantitative estimate of drug-likeness (QED) is 0.438. The SMILES string of the molecule is Cc1ccc(S(=O)(=O)N(CC(=O)N[C@@H]2CCCc3ccccc32)Cc2ccc(Cl)cc2Cl)cc1. The smallest absolute Gasteiger partial charge is 0.243 e. The second-order valence-corrected chi connectivity index (χ2v) is 11.3. The lowest BCUT2D eigenvalue weighted by Crippen LogP contribution is -2.42. The van der Waals surface area contributed by atoms with Gasteiger partial charge in [-0.15, -0.1) is 0 Å². The minimum absolute atomic E-state index is 0.0547. The van der Waals surface area contributed by atoms with Crippen molar-refractivity contribution >= 4 is 39.1 Å². The average molecular weight is 517 g/mol. The maximum Gasteiger partial charge on any atom is 0.243 e. The third kappa shape index (κ3) is 5.63. The Bertz CT molecular complexity index is 1290. The molecule has 178 valence electrons. The lowest BCUT2D eigenvalue weighted by molar-refractivity contribution is -0.122. The summed E-state index contributed by atoms with van der Waals surface area (Å²) in [4.78, 5) is 13.2. The van der Waals surface area contributed by atoms with Gasteiger partial charge in [0.25, 0.3) is 0 Å². The predicted octanol–water partition coefficient (Wildman–Crippen LogP) is 5.69. The van der Waals surface area contributed by atoms with Gasteiger partial charge < -0.3 is 5.32 Å². The van der Waals surface area contributed by atoms with Crippen LogP contribution in [-0.2, 0) is 27.8 Å². The van der Waals surface area contributed by atoms with Gasteiger partial charge in [-0.1, -0.05) is 71.2 Å². The van der Waals surface area contributed by atoms with Crippen molar-refractivity contribution in [1.82, 2.24) is 9.62 Å². The van der Waals surface area contributed by atoms with E-state index in [-0.39, 0.29) is 29.9 Å². The summed E-state index contributed by atoms with van der Waals surface area (Å²) in [5.41, 5.74) is 3.82. The number of amides is 1. The lowest BCUT2D eigenvalue weighted by atomic mass is 9.88. The van der Waals surface area contributed by atoms with Gasteiger partial charge in [0, 0.05) is 16.6 Å². The average Bonchev–Trinajstić information content (AvgIpc) is 2.81. The molecule has 1 aliphatic rings. The van der Waals surface area contributed by atoms with Crippen LogP contribution in [0.1, 0.15) is 41.1 Å². The van der Waals surface area contributed by atoms with Gasteiger partial charge in [0.15, 0.2) is 0 Å². The number of benzene rings is 3. The number of aryl methyl sites for hydroxylation is 2. The van der Waals surface area contributed by atoms with Crippen LogP contribution in [-0.4, -0.2) is 25.2 Å². The monoisotopic (exact) mass is 516 g/mol. The molecule has 0 spiro atoms. The molecule has 0 fully saturated rings. The second-order valence-electron chi connectivity index (χ2n) is 8.53. The summed E-state index contributed by atoms with van der Waals surface area (Å²) in [6.45, 7) is 1.51. The molecule has 0 bridgehead atoms. The third-order valence-corrected chi connectivity index (χ3v) is 8.44. The van der Waals surface area contributed by atoms with E-state index in [0.29, 0.717) is 15.6 Å². The summed E-state index contributed by atoms with van der Waals surface area (Å²) < 4.78 is 28.2. The van der Waals surface area contributed by atoms with Gasteiger partial charge in [-0.05, 0) is 67.1 Å². The number of carbonyl (C=O) groups excluding carboxylic acids is 1. The van der Waals surface area contributed by atoms with E-state index in [4.69, 9.17) is 23.2 Å². The van der Waals surface area contributed by atoms with Gasteiger partial charge in [-0.3, -0.25) is 4.79 Å². The topological polar surface area (TPSA) is 66.5 Å². The molecule has 3 aromatic rings. The number of hydrogen-bond acceptors (Lipinski definition) is 3. The van der Waals surface area contributed by atoms with E-state index < -0.39 is 10.0 Å². The highest BCUT2D eigenvalue weighted by atomic mass is 35.5. The Labute approximate surface area is 210 Å². The van der Waals surface area contributed by atoms with Crippen LogP contribution in [0, 0.1) is 6.92 Å². The van der Waals surface area contributed by atoms with Gasteiger partial charge >= 0.3 is 0 Å². The summed E-state index contributed by atoms with van der Waals surface area (Å²) in [5.74, 6) is -0.359. The number of nitrogens with zero attached hydrogens (tertiary/aromatic N) is 1. The van der Waals surface area contributed by atoms with E-state index in [2.05, 4.69) is 11.4 Å². The first kappa shape index (κ1) is 24.7. The minimum atomic E-state index is -3.96. The third-order valence-electron chi connectivity index (χ3n) is 6.05. The number of nitrogens with one attached hydrogen (secondary N) is 1. The molecule has 0 aliphatic heterocycles. The first-order chi connectivity index (χ1) is 16.2. The largest absolute Gasteiger partial charge is 0.348 e. The fourth-order valence-corrected chi connectivity index (χ4v) is 6.07. The number of carbonyl (C=O) groups is 1. The summed E-state index contributed by atoms with van der Waals surface area (Å²) >= 11 is 12.3. The lowest BCUT2D eigenvalue weighted by Gasteiger charge is -2.28. The van der Waals surface area contributed by atoms with Crippen molar-refractivity contribution in [2.75, 3.05) is 6.54 Å². The van der Waals surface area contributed by atoms with Gasteiger partial charge in [0.1, 0.15) is 0 Å². The minimum Gasteiger partial charge on any atom is -0.348 e. The van der Waals surface area contributed by atoms with Crippen molar-refractivity contribution in [3.05, 3.63) is 99.0 Å². The highest BCUT2D eigenvalue weighted by Crippen LogP contribution is 2.30. The zero-order valence-corrected chi connectivity index (χ0v) is 21.1. The Morgan fingerprint density at radius 3 is 2.53 bits per heavy atom. The first-order valence-electron chi connectivity index (χ1n) is 11.1. The van der Waals surface area contributed by atoms with Crippen molar-refractivity contribution in [2.24, 2.45) is 0 Å². The van der Waals surface area contributed by atoms with Crippen LogP contribution in [0.5, 0.6) is 0 Å². The van der Waals surface area contributed by atoms with Crippen molar-refractivity contribution in [3.63, 3.8) is 0 Å². The molecule has 0 radical (unpaired) electrons. The standard InChI is InChI=1S/C26H26Cl2N2O3S/c1-18-9-13-22(14-10-18)34(32,33)30(16-20-11-12-21(27)15-24(20)28)17-26(31)29-25-8-4-6-19-5-2-3-7-23(19)25/h2-3,5,7,9-15,25H,4,6,8,16-17H2,1H3,(H,29,31)/t25-/m1/s1. The van der Waals surface area contributed by atoms with Gasteiger partial charge in [-0.25, -0.2) is 8.42 Å². The molecule has 1 amide bonds. The number of rotatable bonds is 7. The molecular weight excluding hydrogens is 491 g/mol. The molecule has 0 saturated carbocycles. The van der Waals surface area contributed by atoms with Crippen LogP contribution < -0.4 is 5.32 Å². The highest BCUT2D eigenvalue weighted by molar-refractivity contribution is 7.89. The van der Waals surface area contributed by atoms with Gasteiger partial charge in [-0.2, -0.15) is 4.31 Å². The molecule has 1 aliphatic carbocycles. The molecule has 3 aromatic carbocycles. The molecule has 5 nitrogen and oxygen atoms in total. The molecule has 0 heterocycles. The van der Waals surface area contributed by atoms with E-state index in [1.165, 1.54) is 5.56 Å². The molecular formula is C26H26Cl2N2O3S. The fraction of sp³-hybridized carbons (Fsp3) is 0.269. The molecule has 1 atom stereocenters. The maximum atomic E-state index is 13.5. The molecule has 34 heavy (non-hydrogen) atoms. The number of halogens is 2. The maximum absolute atomic E-state index is 13.5. The van der Waals surface area contributed by atoms with Crippen LogP contribution in [0.3, 0.4) is 0 Å². The first-order valence-corrected chi connectivity index (χ1v) is 13.3. The van der Waals surface area contributed by atoms with Gasteiger partial charge in [0.05, 0.1) is 17.5 Å². The number of sulfonamides is 1. The zero-order chi connectivity index (χ0) is 24.3. The van der Waals surface area contributed by atoms with Crippen molar-refractivity contribution in [2.45, 2.75) is 43.7 Å². The molecule has 0 saturated heterocycles. The number of hydrogen-bond donors (Lipinski definition) is 1. The van der Waals surface area contributed by atoms with Crippen molar-refractivity contribution in [3.8, 4) is 0 Å². The highest BCUT2D eigenvalue weighted by Gasteiger charge is 2.29.